The van der Waals surface area contributed by atoms with Gasteiger partial charge in [0.15, 0.2) is 0 Å². The molecule has 0 radical (unpaired) electrons. The molecule has 1 aliphatic carbocycles. The Kier molecular flexibility index (Phi) is 5.03. The van der Waals surface area contributed by atoms with Gasteiger partial charge in [-0.25, -0.2) is 0 Å². The van der Waals surface area contributed by atoms with Crippen molar-refractivity contribution in [1.29, 1.82) is 5.41 Å². The third kappa shape index (κ3) is 4.33. The van der Waals surface area contributed by atoms with Crippen molar-refractivity contribution in [2.24, 2.45) is 11.3 Å². The first kappa shape index (κ1) is 14.5. The molecule has 0 aromatic rings. The molecule has 0 aromatic carbocycles. The van der Waals surface area contributed by atoms with Crippen LogP contribution in [0.4, 0.5) is 0 Å². The van der Waals surface area contributed by atoms with E-state index in [1.165, 1.54) is 32.1 Å². The monoisotopic (exact) mass is 238 g/mol. The molecule has 1 aliphatic rings. The number of amidine groups is 1. The highest BCUT2D eigenvalue weighted by Crippen LogP contribution is 2.28. The van der Waals surface area contributed by atoms with E-state index in [1.807, 2.05) is 0 Å². The lowest BCUT2D eigenvalue weighted by Crippen LogP contribution is -2.45. The molecule has 1 rings (SSSR count). The van der Waals surface area contributed by atoms with E-state index < -0.39 is 0 Å². The summed E-state index contributed by atoms with van der Waals surface area (Å²) in [5.74, 6) is 1.57. The van der Waals surface area contributed by atoms with Crippen LogP contribution in [0.2, 0.25) is 0 Å². The molecule has 0 unspecified atom stereocenters. The third-order valence-corrected chi connectivity index (χ3v) is 3.71. The molecule has 0 aliphatic heterocycles. The van der Waals surface area contributed by atoms with Crippen LogP contribution in [-0.4, -0.2) is 23.3 Å². The highest BCUT2D eigenvalue weighted by atomic mass is 15.2. The molecule has 0 saturated heterocycles. The fourth-order valence-electron chi connectivity index (χ4n) is 2.52. The Morgan fingerprint density at radius 2 is 1.76 bits per heavy atom. The maximum absolute atomic E-state index is 8.43. The summed E-state index contributed by atoms with van der Waals surface area (Å²) in [6.07, 6.45) is 6.47. The van der Waals surface area contributed by atoms with Gasteiger partial charge in [-0.2, -0.15) is 0 Å². The second-order valence-electron chi connectivity index (χ2n) is 6.91. The summed E-state index contributed by atoms with van der Waals surface area (Å²) in [6.45, 7) is 12.1. The summed E-state index contributed by atoms with van der Waals surface area (Å²) < 4.78 is 0. The van der Waals surface area contributed by atoms with Crippen LogP contribution in [0.15, 0.2) is 0 Å². The van der Waals surface area contributed by atoms with Crippen molar-refractivity contribution < 1.29 is 0 Å². The van der Waals surface area contributed by atoms with Crippen LogP contribution in [-0.2, 0) is 0 Å². The fraction of sp³-hybridized carbons (Fsp3) is 0.933. The zero-order valence-corrected chi connectivity index (χ0v) is 12.3. The number of hydrogen-bond donors (Lipinski definition) is 1. The van der Waals surface area contributed by atoms with E-state index in [9.17, 15) is 0 Å². The van der Waals surface area contributed by atoms with Crippen LogP contribution >= 0.6 is 0 Å². The van der Waals surface area contributed by atoms with Gasteiger partial charge in [0, 0.05) is 18.0 Å². The lowest BCUT2D eigenvalue weighted by molar-refractivity contribution is 0.268. The summed E-state index contributed by atoms with van der Waals surface area (Å²) in [7, 11) is 0. The predicted molar refractivity (Wildman–Crippen MR) is 75.6 cm³/mol. The smallest absolute Gasteiger partial charge is 0.101 e. The quantitative estimate of drug-likeness (QED) is 0.574. The molecular weight excluding hydrogens is 208 g/mol. The van der Waals surface area contributed by atoms with Crippen molar-refractivity contribution in [3.8, 4) is 0 Å². The highest BCUT2D eigenvalue weighted by Gasteiger charge is 2.30. The van der Waals surface area contributed by atoms with Gasteiger partial charge in [0.1, 0.15) is 5.84 Å². The first-order valence-corrected chi connectivity index (χ1v) is 7.18. The minimum absolute atomic E-state index is 0.0143. The molecule has 0 spiro atoms. The van der Waals surface area contributed by atoms with Crippen molar-refractivity contribution in [3.63, 3.8) is 0 Å². The van der Waals surface area contributed by atoms with Gasteiger partial charge in [0.05, 0.1) is 0 Å². The van der Waals surface area contributed by atoms with Crippen LogP contribution in [0, 0.1) is 16.7 Å². The van der Waals surface area contributed by atoms with Gasteiger partial charge in [0.2, 0.25) is 0 Å². The molecule has 0 heterocycles. The molecule has 0 aromatic heterocycles. The van der Waals surface area contributed by atoms with Gasteiger partial charge in [-0.15, -0.1) is 0 Å². The molecule has 1 saturated carbocycles. The van der Waals surface area contributed by atoms with Crippen LogP contribution in [0.1, 0.15) is 66.7 Å². The third-order valence-electron chi connectivity index (χ3n) is 3.71. The number of rotatable bonds is 4. The van der Waals surface area contributed by atoms with Crippen molar-refractivity contribution >= 4 is 5.84 Å². The molecule has 2 nitrogen and oxygen atoms in total. The Morgan fingerprint density at radius 3 is 2.18 bits per heavy atom. The lowest BCUT2D eigenvalue weighted by atomic mass is 9.92. The normalized spacial score (nSPS) is 17.8. The molecule has 0 atom stereocenters. The Morgan fingerprint density at radius 1 is 1.24 bits per heavy atom. The average molecular weight is 238 g/mol. The van der Waals surface area contributed by atoms with Gasteiger partial charge in [-0.3, -0.25) is 5.41 Å². The highest BCUT2D eigenvalue weighted by molar-refractivity contribution is 5.84. The first-order chi connectivity index (χ1) is 7.82. The second-order valence-corrected chi connectivity index (χ2v) is 6.91. The van der Waals surface area contributed by atoms with Crippen LogP contribution in [0.5, 0.6) is 0 Å². The number of nitrogens with one attached hydrogen (secondary N) is 1. The van der Waals surface area contributed by atoms with Crippen molar-refractivity contribution in [3.05, 3.63) is 0 Å². The predicted octanol–water partition coefficient (Wildman–Crippen LogP) is 4.30. The van der Waals surface area contributed by atoms with E-state index in [1.54, 1.807) is 0 Å². The maximum atomic E-state index is 8.43. The maximum Gasteiger partial charge on any atom is 0.101 e. The Balaban J connectivity index is 2.67. The molecule has 2 heteroatoms. The molecule has 0 bridgehead atoms. The standard InChI is InChI=1S/C15H30N2/c1-12(2)10-11-17(13-8-6-7-9-13)14(16)15(3,4)5/h12-13,16H,6-11H2,1-5H3. The molecular formula is C15H30N2. The van der Waals surface area contributed by atoms with Gasteiger partial charge in [-0.05, 0) is 25.2 Å². The van der Waals surface area contributed by atoms with Crippen LogP contribution in [0.3, 0.4) is 0 Å². The fourth-order valence-corrected chi connectivity index (χ4v) is 2.52. The van der Waals surface area contributed by atoms with Gasteiger partial charge in [0.25, 0.3) is 0 Å². The largest absolute Gasteiger partial charge is 0.357 e. The van der Waals surface area contributed by atoms with Gasteiger partial charge in [-0.1, -0.05) is 47.5 Å². The Hall–Kier alpha value is -0.530. The molecule has 100 valence electrons. The molecule has 17 heavy (non-hydrogen) atoms. The Bertz CT molecular complexity index is 244. The Labute approximate surface area is 107 Å². The van der Waals surface area contributed by atoms with Gasteiger partial charge >= 0.3 is 0 Å². The van der Waals surface area contributed by atoms with Crippen molar-refractivity contribution in [2.75, 3.05) is 6.54 Å². The zero-order chi connectivity index (χ0) is 13.1. The topological polar surface area (TPSA) is 27.1 Å². The van der Waals surface area contributed by atoms with Crippen molar-refractivity contribution in [1.82, 2.24) is 4.90 Å². The van der Waals surface area contributed by atoms with E-state index >= 15 is 0 Å². The minimum Gasteiger partial charge on any atom is -0.357 e. The number of hydrogen-bond acceptors (Lipinski definition) is 1. The van der Waals surface area contributed by atoms with Crippen molar-refractivity contribution in [2.45, 2.75) is 72.8 Å². The van der Waals surface area contributed by atoms with Crippen LogP contribution in [0.25, 0.3) is 0 Å². The summed E-state index contributed by atoms with van der Waals surface area (Å²) >= 11 is 0. The van der Waals surface area contributed by atoms with Gasteiger partial charge < -0.3 is 4.90 Å². The summed E-state index contributed by atoms with van der Waals surface area (Å²) in [4.78, 5) is 2.40. The van der Waals surface area contributed by atoms with E-state index in [-0.39, 0.29) is 5.41 Å². The van der Waals surface area contributed by atoms with Crippen LogP contribution < -0.4 is 0 Å². The summed E-state index contributed by atoms with van der Waals surface area (Å²) in [5, 5.41) is 8.43. The second kappa shape index (κ2) is 5.88. The SMILES string of the molecule is CC(C)CCN(C(=N)C(C)(C)C)C1CCCC1. The molecule has 1 N–H and O–H groups in total. The first-order valence-electron chi connectivity index (χ1n) is 7.18. The van der Waals surface area contributed by atoms with E-state index in [4.69, 9.17) is 5.41 Å². The lowest BCUT2D eigenvalue weighted by Gasteiger charge is -2.37. The van der Waals surface area contributed by atoms with E-state index in [0.717, 1.165) is 18.3 Å². The summed E-state index contributed by atoms with van der Waals surface area (Å²) in [5.41, 5.74) is -0.0143. The molecule has 0 amide bonds. The van der Waals surface area contributed by atoms with E-state index in [2.05, 4.69) is 39.5 Å². The molecule has 1 fully saturated rings. The average Bonchev–Trinajstić information content (AvgIpc) is 2.69. The zero-order valence-electron chi connectivity index (χ0n) is 12.3. The number of nitrogens with zero attached hydrogens (tertiary/aromatic N) is 1. The summed E-state index contributed by atoms with van der Waals surface area (Å²) in [6, 6.07) is 0.639. The van der Waals surface area contributed by atoms with E-state index in [0.29, 0.717) is 6.04 Å². The minimum atomic E-state index is -0.0143.